The second kappa shape index (κ2) is 7.65. The minimum Gasteiger partial charge on any atom is -0.378 e. The first-order valence-corrected chi connectivity index (χ1v) is 5.91. The van der Waals surface area contributed by atoms with Crippen LogP contribution in [0.2, 0.25) is 0 Å². The van der Waals surface area contributed by atoms with Gasteiger partial charge in [0, 0.05) is 13.1 Å². The van der Waals surface area contributed by atoms with Gasteiger partial charge in [-0.25, -0.2) is 4.39 Å². The number of rotatable bonds is 8. The minimum atomic E-state index is -0.625. The number of benzene rings is 1. The highest BCUT2D eigenvalue weighted by molar-refractivity contribution is 5.61. The number of nitrogens with zero attached hydrogens (tertiary/aromatic N) is 2. The van der Waals surface area contributed by atoms with Crippen molar-refractivity contribution in [2.24, 2.45) is 0 Å². The predicted molar refractivity (Wildman–Crippen MR) is 70.9 cm³/mol. The van der Waals surface area contributed by atoms with Crippen molar-refractivity contribution >= 4 is 11.4 Å². The average Bonchev–Trinajstić information content (AvgIpc) is 2.34. The van der Waals surface area contributed by atoms with E-state index in [4.69, 9.17) is 4.74 Å². The third-order valence-electron chi connectivity index (χ3n) is 2.40. The zero-order chi connectivity index (χ0) is 14.3. The van der Waals surface area contributed by atoms with Crippen LogP contribution in [0.3, 0.4) is 0 Å². The first kappa shape index (κ1) is 15.3. The quantitative estimate of drug-likeness (QED) is 0.443. The highest BCUT2D eigenvalue weighted by atomic mass is 19.1. The van der Waals surface area contributed by atoms with Crippen molar-refractivity contribution < 1.29 is 14.1 Å². The van der Waals surface area contributed by atoms with Gasteiger partial charge in [-0.3, -0.25) is 10.1 Å². The molecule has 0 aliphatic rings. The number of anilines is 1. The lowest BCUT2D eigenvalue weighted by molar-refractivity contribution is -0.384. The maximum atomic E-state index is 12.9. The summed E-state index contributed by atoms with van der Waals surface area (Å²) in [5.41, 5.74) is 0.0240. The molecule has 106 valence electrons. The van der Waals surface area contributed by atoms with Crippen molar-refractivity contribution in [2.45, 2.75) is 0 Å². The van der Waals surface area contributed by atoms with Gasteiger partial charge in [-0.1, -0.05) is 0 Å². The molecule has 1 N–H and O–H groups in total. The van der Waals surface area contributed by atoms with E-state index in [1.807, 2.05) is 19.0 Å². The maximum absolute atomic E-state index is 12.9. The number of nitrogens with one attached hydrogen (secondary N) is 1. The van der Waals surface area contributed by atoms with Crippen molar-refractivity contribution in [1.29, 1.82) is 0 Å². The lowest BCUT2D eigenvalue weighted by Gasteiger charge is -2.10. The van der Waals surface area contributed by atoms with E-state index in [0.29, 0.717) is 25.4 Å². The molecule has 19 heavy (non-hydrogen) atoms. The van der Waals surface area contributed by atoms with Crippen LogP contribution in [-0.4, -0.2) is 50.2 Å². The van der Waals surface area contributed by atoms with E-state index in [1.165, 1.54) is 12.1 Å². The van der Waals surface area contributed by atoms with Gasteiger partial charge in [-0.05, 0) is 26.2 Å². The topological polar surface area (TPSA) is 67.6 Å². The van der Waals surface area contributed by atoms with Gasteiger partial charge in [0.05, 0.1) is 24.2 Å². The molecule has 7 heteroatoms. The molecule has 0 aromatic heterocycles. The lowest BCUT2D eigenvalue weighted by Crippen LogP contribution is -2.20. The average molecular weight is 271 g/mol. The molecular formula is C12H18FN3O3. The number of hydrogen-bond donors (Lipinski definition) is 1. The third-order valence-corrected chi connectivity index (χ3v) is 2.40. The fourth-order valence-corrected chi connectivity index (χ4v) is 1.41. The Balaban J connectivity index is 2.39. The van der Waals surface area contributed by atoms with Gasteiger partial charge < -0.3 is 15.0 Å². The maximum Gasteiger partial charge on any atom is 0.295 e. The summed E-state index contributed by atoms with van der Waals surface area (Å²) >= 11 is 0. The third kappa shape index (κ3) is 5.62. The van der Waals surface area contributed by atoms with E-state index in [0.717, 1.165) is 12.6 Å². The van der Waals surface area contributed by atoms with E-state index >= 15 is 0 Å². The second-order valence-corrected chi connectivity index (χ2v) is 4.26. The molecule has 0 saturated heterocycles. The molecule has 0 spiro atoms. The largest absolute Gasteiger partial charge is 0.378 e. The number of nitro groups is 1. The monoisotopic (exact) mass is 271 g/mol. The van der Waals surface area contributed by atoms with Crippen molar-refractivity contribution in [3.05, 3.63) is 34.1 Å². The predicted octanol–water partition coefficient (Wildman–Crippen LogP) is 1.72. The molecule has 6 nitrogen and oxygen atoms in total. The Kier molecular flexibility index (Phi) is 6.17. The van der Waals surface area contributed by atoms with Crippen LogP contribution in [0, 0.1) is 15.9 Å². The summed E-state index contributed by atoms with van der Waals surface area (Å²) in [4.78, 5) is 12.1. The van der Waals surface area contributed by atoms with E-state index in [2.05, 4.69) is 5.32 Å². The summed E-state index contributed by atoms with van der Waals surface area (Å²) in [7, 11) is 3.90. The Hall–Kier alpha value is -1.73. The van der Waals surface area contributed by atoms with E-state index in [9.17, 15) is 14.5 Å². The van der Waals surface area contributed by atoms with Crippen LogP contribution in [0.1, 0.15) is 0 Å². The number of likely N-dealkylation sites (N-methyl/N-ethyl adjacent to an activating group) is 1. The summed E-state index contributed by atoms with van der Waals surface area (Å²) < 4.78 is 18.3. The Morgan fingerprint density at radius 2 is 2.16 bits per heavy atom. The highest BCUT2D eigenvalue weighted by Gasteiger charge is 2.14. The van der Waals surface area contributed by atoms with Crippen molar-refractivity contribution in [2.75, 3.05) is 45.7 Å². The van der Waals surface area contributed by atoms with Gasteiger partial charge >= 0.3 is 0 Å². The van der Waals surface area contributed by atoms with Gasteiger partial charge in [-0.15, -0.1) is 0 Å². The number of ether oxygens (including phenoxy) is 1. The SMILES string of the molecule is CN(C)CCOCCNc1ccc(F)cc1[N+](=O)[O-]. The molecule has 0 atom stereocenters. The molecule has 0 saturated carbocycles. The van der Waals surface area contributed by atoms with E-state index < -0.39 is 10.7 Å². The molecule has 1 aromatic carbocycles. The minimum absolute atomic E-state index is 0.270. The highest BCUT2D eigenvalue weighted by Crippen LogP contribution is 2.24. The van der Waals surface area contributed by atoms with Crippen LogP contribution in [0.25, 0.3) is 0 Å². The molecule has 1 rings (SSSR count). The molecule has 0 fully saturated rings. The Morgan fingerprint density at radius 3 is 2.79 bits per heavy atom. The van der Waals surface area contributed by atoms with Crippen LogP contribution in [0.4, 0.5) is 15.8 Å². The standard InChI is InChI=1S/C12H18FN3O3/c1-15(2)6-8-19-7-5-14-11-4-3-10(13)9-12(11)16(17)18/h3-4,9,14H,5-8H2,1-2H3. The van der Waals surface area contributed by atoms with Gasteiger partial charge in [0.15, 0.2) is 0 Å². The lowest BCUT2D eigenvalue weighted by atomic mass is 10.2. The van der Waals surface area contributed by atoms with Crippen LogP contribution >= 0.6 is 0 Å². The van der Waals surface area contributed by atoms with Gasteiger partial charge in [0.2, 0.25) is 0 Å². The first-order chi connectivity index (χ1) is 9.00. The molecule has 0 bridgehead atoms. The van der Waals surface area contributed by atoms with Crippen molar-refractivity contribution in [3.63, 3.8) is 0 Å². The normalized spacial score (nSPS) is 10.7. The molecule has 0 aliphatic carbocycles. The summed E-state index contributed by atoms with van der Waals surface area (Å²) in [6, 6.07) is 3.44. The molecule has 1 aromatic rings. The Labute approximate surface area is 111 Å². The molecule has 0 unspecified atom stereocenters. The smallest absolute Gasteiger partial charge is 0.295 e. The fourth-order valence-electron chi connectivity index (χ4n) is 1.41. The Bertz CT molecular complexity index is 427. The summed E-state index contributed by atoms with van der Waals surface area (Å²) in [6.45, 7) is 2.28. The summed E-state index contributed by atoms with van der Waals surface area (Å²) in [5, 5.41) is 13.6. The van der Waals surface area contributed by atoms with Crippen LogP contribution in [0.15, 0.2) is 18.2 Å². The second-order valence-electron chi connectivity index (χ2n) is 4.26. The number of nitro benzene ring substituents is 1. The van der Waals surface area contributed by atoms with Crippen LogP contribution in [0.5, 0.6) is 0 Å². The van der Waals surface area contributed by atoms with E-state index in [1.54, 1.807) is 0 Å². The summed E-state index contributed by atoms with van der Waals surface area (Å²) in [5.74, 6) is -0.625. The number of halogens is 1. The Morgan fingerprint density at radius 1 is 1.42 bits per heavy atom. The molecule has 0 heterocycles. The first-order valence-electron chi connectivity index (χ1n) is 5.91. The molecular weight excluding hydrogens is 253 g/mol. The zero-order valence-electron chi connectivity index (χ0n) is 11.1. The zero-order valence-corrected chi connectivity index (χ0v) is 11.1. The van der Waals surface area contributed by atoms with Gasteiger partial charge in [-0.2, -0.15) is 0 Å². The summed E-state index contributed by atoms with van der Waals surface area (Å²) in [6.07, 6.45) is 0. The fraction of sp³-hybridized carbons (Fsp3) is 0.500. The van der Waals surface area contributed by atoms with Crippen molar-refractivity contribution in [3.8, 4) is 0 Å². The van der Waals surface area contributed by atoms with Gasteiger partial charge in [0.25, 0.3) is 5.69 Å². The van der Waals surface area contributed by atoms with E-state index in [-0.39, 0.29) is 5.69 Å². The van der Waals surface area contributed by atoms with Crippen molar-refractivity contribution in [1.82, 2.24) is 4.90 Å². The molecule has 0 amide bonds. The molecule has 0 aliphatic heterocycles. The number of hydrogen-bond acceptors (Lipinski definition) is 5. The molecule has 0 radical (unpaired) electrons. The van der Waals surface area contributed by atoms with Gasteiger partial charge in [0.1, 0.15) is 11.5 Å². The van der Waals surface area contributed by atoms with Crippen LogP contribution < -0.4 is 5.32 Å². The van der Waals surface area contributed by atoms with Crippen LogP contribution in [-0.2, 0) is 4.74 Å².